The van der Waals surface area contributed by atoms with Crippen molar-refractivity contribution in [3.05, 3.63) is 0 Å². The lowest BCUT2D eigenvalue weighted by Gasteiger charge is -2.08. The van der Waals surface area contributed by atoms with E-state index < -0.39 is 0 Å². The van der Waals surface area contributed by atoms with Gasteiger partial charge in [0.1, 0.15) is 6.61 Å². The van der Waals surface area contributed by atoms with Gasteiger partial charge >= 0.3 is 0 Å². The van der Waals surface area contributed by atoms with Gasteiger partial charge in [0.25, 0.3) is 5.91 Å². The van der Waals surface area contributed by atoms with Crippen molar-refractivity contribution in [3.8, 4) is 0 Å². The maximum atomic E-state index is 11.1. The van der Waals surface area contributed by atoms with E-state index in [0.717, 1.165) is 25.9 Å². The summed E-state index contributed by atoms with van der Waals surface area (Å²) >= 11 is 1.94. The molecule has 0 N–H and O–H groups in total. The topological polar surface area (TPSA) is 38.8 Å². The Balaban J connectivity index is 3.10. The fourth-order valence-electron chi connectivity index (χ4n) is 0.876. The third kappa shape index (κ3) is 8.71. The van der Waals surface area contributed by atoms with Gasteiger partial charge in [0, 0.05) is 27.4 Å². The maximum Gasteiger partial charge on any atom is 0.256 e. The molecule has 0 fully saturated rings. The number of unbranched alkanes of at least 4 members (excludes halogenated alkanes) is 2. The SMILES string of the molecule is COCCCCCOCC(=O)N(C)I. The zero-order valence-corrected chi connectivity index (χ0v) is 11.0. The molecule has 0 atom stereocenters. The fraction of sp³-hybridized carbons (Fsp3) is 0.889. The first kappa shape index (κ1) is 14.1. The van der Waals surface area contributed by atoms with E-state index in [-0.39, 0.29) is 12.5 Å². The number of likely N-dealkylation sites (N-methyl/N-ethyl adjacent to an activating group) is 1. The number of halogens is 1. The van der Waals surface area contributed by atoms with Crippen molar-refractivity contribution in [3.63, 3.8) is 0 Å². The van der Waals surface area contributed by atoms with Gasteiger partial charge in [-0.3, -0.25) is 7.91 Å². The van der Waals surface area contributed by atoms with Crippen molar-refractivity contribution in [2.45, 2.75) is 19.3 Å². The van der Waals surface area contributed by atoms with Crippen LogP contribution in [0.5, 0.6) is 0 Å². The largest absolute Gasteiger partial charge is 0.385 e. The lowest BCUT2D eigenvalue weighted by atomic mass is 10.2. The van der Waals surface area contributed by atoms with Gasteiger partial charge < -0.3 is 9.47 Å². The van der Waals surface area contributed by atoms with Gasteiger partial charge in [0.05, 0.1) is 22.9 Å². The Morgan fingerprint density at radius 2 is 1.93 bits per heavy atom. The monoisotopic (exact) mass is 315 g/mol. The predicted octanol–water partition coefficient (Wildman–Crippen LogP) is 1.63. The summed E-state index contributed by atoms with van der Waals surface area (Å²) in [5, 5.41) is 0. The van der Waals surface area contributed by atoms with Crippen LogP contribution in [0.2, 0.25) is 0 Å². The third-order valence-corrected chi connectivity index (χ3v) is 2.24. The van der Waals surface area contributed by atoms with Gasteiger partial charge in [0.2, 0.25) is 0 Å². The summed E-state index contributed by atoms with van der Waals surface area (Å²) in [4.78, 5) is 11.1. The molecule has 0 spiro atoms. The third-order valence-electron chi connectivity index (χ3n) is 1.71. The van der Waals surface area contributed by atoms with Gasteiger partial charge in [-0.1, -0.05) is 0 Å². The second-order valence-electron chi connectivity index (χ2n) is 2.98. The molecule has 0 aromatic heterocycles. The molecule has 0 bridgehead atoms. The number of amides is 1. The van der Waals surface area contributed by atoms with E-state index >= 15 is 0 Å². The second kappa shape index (κ2) is 9.67. The highest BCUT2D eigenvalue weighted by atomic mass is 127. The Hall–Kier alpha value is 0.120. The second-order valence-corrected chi connectivity index (χ2v) is 4.42. The molecule has 0 saturated heterocycles. The van der Waals surface area contributed by atoms with E-state index in [4.69, 9.17) is 9.47 Å². The number of carbonyl (C=O) groups excluding carboxylic acids is 1. The van der Waals surface area contributed by atoms with Crippen molar-refractivity contribution in [1.82, 2.24) is 3.11 Å². The van der Waals surface area contributed by atoms with Crippen molar-refractivity contribution < 1.29 is 14.3 Å². The van der Waals surface area contributed by atoms with Crippen molar-refractivity contribution in [2.75, 3.05) is 34.0 Å². The Kier molecular flexibility index (Phi) is 9.75. The molecule has 0 aliphatic heterocycles. The van der Waals surface area contributed by atoms with Crippen LogP contribution >= 0.6 is 22.9 Å². The van der Waals surface area contributed by atoms with Gasteiger partial charge in [-0.25, -0.2) is 0 Å². The molecular weight excluding hydrogens is 297 g/mol. The van der Waals surface area contributed by atoms with E-state index in [9.17, 15) is 4.79 Å². The molecule has 0 aliphatic carbocycles. The number of nitrogens with zero attached hydrogens (tertiary/aromatic N) is 1. The van der Waals surface area contributed by atoms with Crippen LogP contribution in [0, 0.1) is 0 Å². The number of hydrogen-bond donors (Lipinski definition) is 0. The Bertz CT molecular complexity index is 153. The molecule has 0 saturated carbocycles. The molecule has 1 amide bonds. The first-order valence-electron chi connectivity index (χ1n) is 4.67. The maximum absolute atomic E-state index is 11.1. The van der Waals surface area contributed by atoms with Crippen LogP contribution in [0.25, 0.3) is 0 Å². The summed E-state index contributed by atoms with van der Waals surface area (Å²) in [6.07, 6.45) is 3.13. The lowest BCUT2D eigenvalue weighted by molar-refractivity contribution is -0.129. The van der Waals surface area contributed by atoms with Crippen molar-refractivity contribution in [1.29, 1.82) is 0 Å². The molecule has 5 heteroatoms. The van der Waals surface area contributed by atoms with Crippen LogP contribution in [0.3, 0.4) is 0 Å². The molecule has 14 heavy (non-hydrogen) atoms. The van der Waals surface area contributed by atoms with Crippen molar-refractivity contribution >= 4 is 28.8 Å². The van der Waals surface area contributed by atoms with Crippen molar-refractivity contribution in [2.24, 2.45) is 0 Å². The molecule has 0 rings (SSSR count). The smallest absolute Gasteiger partial charge is 0.256 e. The molecule has 0 aliphatic rings. The van der Waals surface area contributed by atoms with E-state index in [0.29, 0.717) is 6.61 Å². The highest BCUT2D eigenvalue weighted by Crippen LogP contribution is 1.98. The molecule has 0 aromatic carbocycles. The highest BCUT2D eigenvalue weighted by molar-refractivity contribution is 14.1. The Morgan fingerprint density at radius 3 is 2.50 bits per heavy atom. The number of ether oxygens (including phenoxy) is 2. The number of methoxy groups -OCH3 is 1. The quantitative estimate of drug-likeness (QED) is 0.388. The average Bonchev–Trinajstić information content (AvgIpc) is 2.16. The number of hydrogen-bond acceptors (Lipinski definition) is 3. The summed E-state index contributed by atoms with van der Waals surface area (Å²) in [5.41, 5.74) is 0. The summed E-state index contributed by atoms with van der Waals surface area (Å²) < 4.78 is 11.6. The minimum Gasteiger partial charge on any atom is -0.385 e. The highest BCUT2D eigenvalue weighted by Gasteiger charge is 2.03. The van der Waals surface area contributed by atoms with Crippen LogP contribution in [0.4, 0.5) is 0 Å². The first-order chi connectivity index (χ1) is 6.68. The predicted molar refractivity (Wildman–Crippen MR) is 63.3 cm³/mol. The van der Waals surface area contributed by atoms with Crippen LogP contribution in [-0.4, -0.2) is 43.0 Å². The fourth-order valence-corrected chi connectivity index (χ4v) is 1.01. The molecule has 0 heterocycles. The van der Waals surface area contributed by atoms with Gasteiger partial charge in [0.15, 0.2) is 0 Å². The van der Waals surface area contributed by atoms with Crippen LogP contribution in [-0.2, 0) is 14.3 Å². The lowest BCUT2D eigenvalue weighted by Crippen LogP contribution is -2.21. The van der Waals surface area contributed by atoms with E-state index in [1.54, 1.807) is 14.2 Å². The van der Waals surface area contributed by atoms with E-state index in [1.807, 2.05) is 22.9 Å². The van der Waals surface area contributed by atoms with Gasteiger partial charge in [-0.15, -0.1) is 0 Å². The molecule has 4 nitrogen and oxygen atoms in total. The molecule has 0 radical (unpaired) electrons. The van der Waals surface area contributed by atoms with Crippen LogP contribution < -0.4 is 0 Å². The Labute approximate surface area is 99.4 Å². The molecular formula is C9H18INO3. The zero-order chi connectivity index (χ0) is 10.8. The normalized spacial score (nSPS) is 10.2. The summed E-state index contributed by atoms with van der Waals surface area (Å²) in [6.45, 7) is 1.64. The molecule has 0 aromatic rings. The standard InChI is InChI=1S/C9H18INO3/c1-11(10)9(12)8-14-7-5-3-4-6-13-2/h3-8H2,1-2H3. The summed E-state index contributed by atoms with van der Waals surface area (Å²) in [6, 6.07) is 0. The van der Waals surface area contributed by atoms with Crippen LogP contribution in [0.15, 0.2) is 0 Å². The van der Waals surface area contributed by atoms with E-state index in [1.165, 1.54) is 3.11 Å². The minimum absolute atomic E-state index is 0.00231. The van der Waals surface area contributed by atoms with Gasteiger partial charge in [-0.2, -0.15) is 0 Å². The summed E-state index contributed by atoms with van der Waals surface area (Å²) in [7, 11) is 3.41. The number of carbonyl (C=O) groups is 1. The number of rotatable bonds is 8. The van der Waals surface area contributed by atoms with Gasteiger partial charge in [-0.05, 0) is 19.3 Å². The van der Waals surface area contributed by atoms with E-state index in [2.05, 4.69) is 0 Å². The minimum atomic E-state index is 0.00231. The summed E-state index contributed by atoms with van der Waals surface area (Å²) in [5.74, 6) is 0.00231. The molecule has 0 unspecified atom stereocenters. The van der Waals surface area contributed by atoms with Crippen LogP contribution in [0.1, 0.15) is 19.3 Å². The first-order valence-corrected chi connectivity index (χ1v) is 5.64. The average molecular weight is 315 g/mol. The Morgan fingerprint density at radius 1 is 1.29 bits per heavy atom. The molecule has 84 valence electrons. The zero-order valence-electron chi connectivity index (χ0n) is 8.79.